The van der Waals surface area contributed by atoms with Crippen LogP contribution in [-0.2, 0) is 17.8 Å². The Labute approximate surface area is 117 Å². The molecule has 0 unspecified atom stereocenters. The zero-order valence-electron chi connectivity index (χ0n) is 10.9. The average Bonchev–Trinajstić information content (AvgIpc) is 2.90. The van der Waals surface area contributed by atoms with Crippen LogP contribution in [0.3, 0.4) is 0 Å². The van der Waals surface area contributed by atoms with Gasteiger partial charge in [0.1, 0.15) is 5.75 Å². The number of rotatable bonds is 6. The van der Waals surface area contributed by atoms with Crippen molar-refractivity contribution in [1.82, 2.24) is 5.32 Å². The van der Waals surface area contributed by atoms with Gasteiger partial charge in [0.25, 0.3) is 0 Å². The fraction of sp³-hybridized carbons (Fsp3) is 0.267. The lowest BCUT2D eigenvalue weighted by molar-refractivity contribution is -0.120. The third kappa shape index (κ3) is 4.41. The second-order valence-corrected chi connectivity index (χ2v) is 5.15. The third-order valence-corrected chi connectivity index (χ3v) is 3.49. The summed E-state index contributed by atoms with van der Waals surface area (Å²) in [5, 5.41) is 4.90. The van der Waals surface area contributed by atoms with Gasteiger partial charge in [-0.15, -0.1) is 11.3 Å². The molecule has 100 valence electrons. The minimum atomic E-state index is 0.0456. The van der Waals surface area contributed by atoms with E-state index in [0.717, 1.165) is 16.2 Å². The van der Waals surface area contributed by atoms with Gasteiger partial charge in [0, 0.05) is 11.4 Å². The molecule has 3 nitrogen and oxygen atoms in total. The number of benzene rings is 1. The predicted octanol–water partition coefficient (Wildman–Crippen LogP) is 3.01. The fourth-order valence-corrected chi connectivity index (χ4v) is 2.45. The van der Waals surface area contributed by atoms with Gasteiger partial charge < -0.3 is 10.1 Å². The smallest absolute Gasteiger partial charge is 0.225 e. The van der Waals surface area contributed by atoms with Gasteiger partial charge in [-0.2, -0.15) is 0 Å². The number of carbonyl (C=O) groups excluding carboxylic acids is 1. The van der Waals surface area contributed by atoms with E-state index >= 15 is 0 Å². The molecule has 1 aromatic carbocycles. The SMILES string of the molecule is CCOc1cccc(CNC(=O)Cc2cccs2)c1. The van der Waals surface area contributed by atoms with E-state index in [1.807, 2.05) is 48.7 Å². The summed E-state index contributed by atoms with van der Waals surface area (Å²) in [7, 11) is 0. The molecule has 0 bridgehead atoms. The van der Waals surface area contributed by atoms with Gasteiger partial charge in [-0.1, -0.05) is 18.2 Å². The van der Waals surface area contributed by atoms with Crippen LogP contribution in [0.15, 0.2) is 41.8 Å². The van der Waals surface area contributed by atoms with Crippen molar-refractivity contribution in [3.63, 3.8) is 0 Å². The second kappa shape index (κ2) is 6.95. The highest BCUT2D eigenvalue weighted by Crippen LogP contribution is 2.13. The second-order valence-electron chi connectivity index (χ2n) is 4.11. The van der Waals surface area contributed by atoms with Crippen LogP contribution in [0.4, 0.5) is 0 Å². The molecule has 0 saturated heterocycles. The van der Waals surface area contributed by atoms with Gasteiger partial charge in [-0.25, -0.2) is 0 Å². The molecule has 0 fully saturated rings. The Hall–Kier alpha value is -1.81. The molecule has 4 heteroatoms. The quantitative estimate of drug-likeness (QED) is 0.880. The summed E-state index contributed by atoms with van der Waals surface area (Å²) in [4.78, 5) is 12.8. The first kappa shape index (κ1) is 13.6. The number of hydrogen-bond donors (Lipinski definition) is 1. The molecule has 1 N–H and O–H groups in total. The van der Waals surface area contributed by atoms with Crippen LogP contribution in [0, 0.1) is 0 Å². The molecule has 0 atom stereocenters. The van der Waals surface area contributed by atoms with E-state index in [9.17, 15) is 4.79 Å². The van der Waals surface area contributed by atoms with E-state index in [-0.39, 0.29) is 5.91 Å². The third-order valence-electron chi connectivity index (χ3n) is 2.61. The van der Waals surface area contributed by atoms with Crippen molar-refractivity contribution >= 4 is 17.2 Å². The number of amides is 1. The van der Waals surface area contributed by atoms with E-state index < -0.39 is 0 Å². The summed E-state index contributed by atoms with van der Waals surface area (Å²) < 4.78 is 5.43. The van der Waals surface area contributed by atoms with Crippen molar-refractivity contribution in [2.45, 2.75) is 19.9 Å². The summed E-state index contributed by atoms with van der Waals surface area (Å²) in [6.45, 7) is 3.13. The van der Waals surface area contributed by atoms with Crippen molar-refractivity contribution in [3.8, 4) is 5.75 Å². The molecule has 1 heterocycles. The summed E-state index contributed by atoms with van der Waals surface area (Å²) in [6.07, 6.45) is 0.447. The molecule has 0 saturated carbocycles. The number of carbonyl (C=O) groups is 1. The molecule has 0 aliphatic carbocycles. The molecule has 0 spiro atoms. The first-order chi connectivity index (χ1) is 9.28. The van der Waals surface area contributed by atoms with E-state index in [1.165, 1.54) is 0 Å². The first-order valence-electron chi connectivity index (χ1n) is 6.28. The summed E-state index contributed by atoms with van der Waals surface area (Å²) >= 11 is 1.60. The topological polar surface area (TPSA) is 38.3 Å². The van der Waals surface area contributed by atoms with Crippen LogP contribution >= 0.6 is 11.3 Å². The Balaban J connectivity index is 1.84. The largest absolute Gasteiger partial charge is 0.494 e. The van der Waals surface area contributed by atoms with Gasteiger partial charge in [0.15, 0.2) is 0 Å². The Morgan fingerprint density at radius 1 is 1.32 bits per heavy atom. The van der Waals surface area contributed by atoms with Gasteiger partial charge in [-0.3, -0.25) is 4.79 Å². The van der Waals surface area contributed by atoms with Crippen molar-refractivity contribution in [2.75, 3.05) is 6.61 Å². The normalized spacial score (nSPS) is 10.2. The molecule has 2 rings (SSSR count). The summed E-state index contributed by atoms with van der Waals surface area (Å²) in [5.41, 5.74) is 1.05. The molecular weight excluding hydrogens is 258 g/mol. The van der Waals surface area contributed by atoms with E-state index in [0.29, 0.717) is 19.6 Å². The summed E-state index contributed by atoms with van der Waals surface area (Å²) in [6, 6.07) is 11.7. The van der Waals surface area contributed by atoms with Crippen molar-refractivity contribution in [1.29, 1.82) is 0 Å². The molecule has 0 aliphatic rings. The van der Waals surface area contributed by atoms with Crippen molar-refractivity contribution in [2.24, 2.45) is 0 Å². The molecule has 1 amide bonds. The van der Waals surface area contributed by atoms with Crippen LogP contribution < -0.4 is 10.1 Å². The molecule has 19 heavy (non-hydrogen) atoms. The van der Waals surface area contributed by atoms with Crippen LogP contribution in [-0.4, -0.2) is 12.5 Å². The molecule has 2 aromatic rings. The lowest BCUT2D eigenvalue weighted by atomic mass is 10.2. The van der Waals surface area contributed by atoms with Crippen LogP contribution in [0.2, 0.25) is 0 Å². The van der Waals surface area contributed by atoms with Crippen LogP contribution in [0.5, 0.6) is 5.75 Å². The summed E-state index contributed by atoms with van der Waals surface area (Å²) in [5.74, 6) is 0.886. The van der Waals surface area contributed by atoms with Crippen molar-refractivity contribution in [3.05, 3.63) is 52.2 Å². The number of hydrogen-bond acceptors (Lipinski definition) is 3. The predicted molar refractivity (Wildman–Crippen MR) is 77.5 cm³/mol. The van der Waals surface area contributed by atoms with Gasteiger partial charge >= 0.3 is 0 Å². The average molecular weight is 275 g/mol. The van der Waals surface area contributed by atoms with E-state index in [4.69, 9.17) is 4.74 Å². The highest BCUT2D eigenvalue weighted by molar-refractivity contribution is 7.10. The number of thiophene rings is 1. The highest BCUT2D eigenvalue weighted by Gasteiger charge is 2.04. The lowest BCUT2D eigenvalue weighted by Gasteiger charge is -2.07. The Morgan fingerprint density at radius 2 is 2.21 bits per heavy atom. The fourth-order valence-electron chi connectivity index (χ4n) is 1.75. The first-order valence-corrected chi connectivity index (χ1v) is 7.16. The Bertz CT molecular complexity index is 523. The number of nitrogens with one attached hydrogen (secondary N) is 1. The van der Waals surface area contributed by atoms with Gasteiger partial charge in [0.05, 0.1) is 13.0 Å². The maximum atomic E-state index is 11.8. The maximum absolute atomic E-state index is 11.8. The minimum absolute atomic E-state index is 0.0456. The van der Waals surface area contributed by atoms with Gasteiger partial charge in [-0.05, 0) is 36.1 Å². The lowest BCUT2D eigenvalue weighted by Crippen LogP contribution is -2.24. The number of ether oxygens (including phenoxy) is 1. The monoisotopic (exact) mass is 275 g/mol. The molecule has 0 aliphatic heterocycles. The minimum Gasteiger partial charge on any atom is -0.494 e. The van der Waals surface area contributed by atoms with E-state index in [2.05, 4.69) is 5.32 Å². The Morgan fingerprint density at radius 3 is 2.95 bits per heavy atom. The highest BCUT2D eigenvalue weighted by atomic mass is 32.1. The van der Waals surface area contributed by atoms with Crippen LogP contribution in [0.1, 0.15) is 17.4 Å². The van der Waals surface area contributed by atoms with Crippen LogP contribution in [0.25, 0.3) is 0 Å². The maximum Gasteiger partial charge on any atom is 0.225 e. The zero-order chi connectivity index (χ0) is 13.5. The molecule has 1 aromatic heterocycles. The molecule has 0 radical (unpaired) electrons. The standard InChI is InChI=1S/C15H17NO2S/c1-2-18-13-6-3-5-12(9-13)11-16-15(17)10-14-7-4-8-19-14/h3-9H,2,10-11H2,1H3,(H,16,17). The van der Waals surface area contributed by atoms with Crippen molar-refractivity contribution < 1.29 is 9.53 Å². The zero-order valence-corrected chi connectivity index (χ0v) is 11.7. The Kier molecular flexibility index (Phi) is 4.98. The van der Waals surface area contributed by atoms with Gasteiger partial charge in [0.2, 0.25) is 5.91 Å². The molecular formula is C15H17NO2S. The van der Waals surface area contributed by atoms with E-state index in [1.54, 1.807) is 11.3 Å².